The fourth-order valence-electron chi connectivity index (χ4n) is 15.3. The fraction of sp³-hybridized carbons (Fsp3) is 1.00. The second-order valence-corrected chi connectivity index (χ2v) is 29.9. The van der Waals surface area contributed by atoms with E-state index in [1.165, 1.54) is 27.7 Å². The molecule has 0 aromatic carbocycles. The summed E-state index contributed by atoms with van der Waals surface area (Å²) in [6, 6.07) is 0. The lowest BCUT2D eigenvalue weighted by atomic mass is 9.57. The molecule has 0 heterocycles. The molecule has 0 nitrogen and oxygen atoms in total. The van der Waals surface area contributed by atoms with Gasteiger partial charge in [-0.25, -0.2) is 22.0 Å². The first kappa shape index (κ1) is 93.6. The summed E-state index contributed by atoms with van der Waals surface area (Å²) in [5, 5.41) is 0. The highest BCUT2D eigenvalue weighted by molar-refractivity contribution is 5.20. The Balaban J connectivity index is 0.000000612. The van der Waals surface area contributed by atoms with Crippen LogP contribution in [0.3, 0.4) is 0 Å². The molecule has 0 spiro atoms. The SMILES string of the molecule is CC1C(C(F)(F)F)C(C)[C@@H](C)C(C(F)(F)F)C1C(F)(F)F.CC1C(F)(F)C(F)(F)C(C)(F)C(F)(F)C1(F)F.CC1C(F)C(F)C(C)C(F)C1F.CC1CC(C(F)(F)F)C(C)C(C(F)(F)F)C1.CC1CC(C(F)(F)F)C[C@@H](C)C1.[2H]C1(C)C(C)CCCC1C(F)(F)F.[2H][C@]1(C)CC(C)CC(C(F)(F)F)C1. The van der Waals surface area contributed by atoms with E-state index in [0.717, 1.165) is 33.6 Å². The molecule has 0 amide bonds. The van der Waals surface area contributed by atoms with Gasteiger partial charge in [0, 0.05) is 14.6 Å². The van der Waals surface area contributed by atoms with Crippen LogP contribution >= 0.6 is 0 Å². The number of alkyl halides is 37. The zero-order chi connectivity index (χ0) is 83.1. The van der Waals surface area contributed by atoms with E-state index in [-0.39, 0.29) is 62.7 Å². The minimum absolute atomic E-state index is 0.0166. The molecule has 18 unspecified atom stereocenters. The third-order valence-electron chi connectivity index (χ3n) is 21.7. The lowest BCUT2D eigenvalue weighted by Gasteiger charge is -2.51. The molecule has 7 rings (SSSR count). The largest absolute Gasteiger partial charge is 0.392 e. The van der Waals surface area contributed by atoms with E-state index in [1.54, 1.807) is 20.8 Å². The third kappa shape index (κ3) is 23.7. The first-order chi connectivity index (χ1) is 45.6. The van der Waals surface area contributed by atoms with Gasteiger partial charge < -0.3 is 0 Å². The number of rotatable bonds is 0. The molecule has 102 heavy (non-hydrogen) atoms. The highest BCUT2D eigenvalue weighted by Gasteiger charge is 2.91. The van der Waals surface area contributed by atoms with Crippen molar-refractivity contribution < 1.29 is 165 Å². The van der Waals surface area contributed by atoms with Crippen LogP contribution in [0.1, 0.15) is 177 Å². The smallest absolute Gasteiger partial charge is 0.244 e. The summed E-state index contributed by atoms with van der Waals surface area (Å²) in [6.45, 7) is 16.8. The summed E-state index contributed by atoms with van der Waals surface area (Å²) in [5.41, 5.74) is -5.35. The van der Waals surface area contributed by atoms with E-state index in [1.807, 2.05) is 13.8 Å². The topological polar surface area (TPSA) is 0 Å². The van der Waals surface area contributed by atoms with Gasteiger partial charge in [0.15, 0.2) is 0 Å². The Hall–Kier alpha value is -2.59. The van der Waals surface area contributed by atoms with Crippen molar-refractivity contribution >= 4 is 0 Å². The predicted molar refractivity (Wildman–Crippen MR) is 304 cm³/mol. The van der Waals surface area contributed by atoms with Gasteiger partial charge in [-0.05, 0) is 130 Å². The van der Waals surface area contributed by atoms with Crippen LogP contribution in [0.4, 0.5) is 162 Å². The van der Waals surface area contributed by atoms with Crippen LogP contribution < -0.4 is 0 Å². The van der Waals surface area contributed by atoms with Crippen LogP contribution in [0.25, 0.3) is 0 Å². The average molecular weight is 1580 g/mol. The molecule has 0 N–H and O–H groups in total. The summed E-state index contributed by atoms with van der Waals surface area (Å²) in [7, 11) is 0. The molecule has 0 aromatic rings. The Morgan fingerprint density at radius 2 is 0.578 bits per heavy atom. The molecule has 0 radical (unpaired) electrons. The van der Waals surface area contributed by atoms with Crippen molar-refractivity contribution in [1.82, 2.24) is 0 Å². The van der Waals surface area contributed by atoms with Crippen LogP contribution in [0.15, 0.2) is 0 Å². The maximum Gasteiger partial charge on any atom is 0.392 e. The van der Waals surface area contributed by atoms with Crippen molar-refractivity contribution in [3.05, 3.63) is 0 Å². The van der Waals surface area contributed by atoms with E-state index in [4.69, 9.17) is 2.74 Å². The van der Waals surface area contributed by atoms with Gasteiger partial charge in [0.2, 0.25) is 5.67 Å². The normalized spacial score (nSPS) is 42.8. The quantitative estimate of drug-likeness (QED) is 0.212. The van der Waals surface area contributed by atoms with Crippen molar-refractivity contribution in [2.45, 2.75) is 278 Å². The molecule has 7 fully saturated rings. The molecule has 0 aromatic heterocycles. The molecule has 612 valence electrons. The Morgan fingerprint density at radius 3 is 0.863 bits per heavy atom. The number of halogens is 37. The van der Waals surface area contributed by atoms with Gasteiger partial charge >= 0.3 is 73.1 Å². The first-order valence-electron chi connectivity index (χ1n) is 33.9. The van der Waals surface area contributed by atoms with Crippen LogP contribution in [0.5, 0.6) is 0 Å². The van der Waals surface area contributed by atoms with Gasteiger partial charge in [-0.2, -0.15) is 140 Å². The van der Waals surface area contributed by atoms with Gasteiger partial charge in [-0.1, -0.05) is 110 Å². The third-order valence-corrected chi connectivity index (χ3v) is 21.7. The predicted octanol–water partition coefficient (Wildman–Crippen LogP) is 27.2. The second-order valence-electron chi connectivity index (χ2n) is 29.9. The first-order valence-corrected chi connectivity index (χ1v) is 32.9. The van der Waals surface area contributed by atoms with Crippen LogP contribution in [-0.2, 0) is 0 Å². The lowest BCUT2D eigenvalue weighted by molar-refractivity contribution is -0.428. The Bertz CT molecular complexity index is 2460. The molecule has 0 aliphatic heterocycles. The van der Waals surface area contributed by atoms with Gasteiger partial charge in [0.1, 0.15) is 24.7 Å². The highest BCUT2D eigenvalue weighted by atomic mass is 19.4. The Labute approximate surface area is 572 Å². The molecule has 21 atom stereocenters. The van der Waals surface area contributed by atoms with E-state index >= 15 is 0 Å². The maximum absolute atomic E-state index is 13.1. The lowest BCUT2D eigenvalue weighted by Crippen LogP contribution is -2.77. The van der Waals surface area contributed by atoms with Crippen molar-refractivity contribution in [2.24, 2.45) is 130 Å². The van der Waals surface area contributed by atoms with Gasteiger partial charge in [0.05, 0.1) is 53.3 Å². The maximum atomic E-state index is 13.1. The van der Waals surface area contributed by atoms with Crippen LogP contribution in [0.2, 0.25) is 0 Å². The molecule has 0 saturated heterocycles. The molecule has 7 aliphatic carbocycles. The number of hydrogen-bond donors (Lipinski definition) is 0. The number of hydrogen-bond acceptors (Lipinski definition) is 0. The van der Waals surface area contributed by atoms with Gasteiger partial charge in [-0.15, -0.1) is 0 Å². The highest BCUT2D eigenvalue weighted by Crippen LogP contribution is 2.66. The van der Waals surface area contributed by atoms with Crippen molar-refractivity contribution in [3.63, 3.8) is 0 Å². The molecule has 0 bridgehead atoms. The monoisotopic (exact) mass is 1580 g/mol. The molecule has 7 aliphatic rings. The zero-order valence-corrected chi connectivity index (χ0v) is 58.1. The average Bonchev–Trinajstić information content (AvgIpc) is 0.684. The van der Waals surface area contributed by atoms with Crippen LogP contribution in [-0.4, -0.2) is 103 Å². The summed E-state index contributed by atoms with van der Waals surface area (Å²) in [4.78, 5) is 0. The zero-order valence-electron chi connectivity index (χ0n) is 60.1. The van der Waals surface area contributed by atoms with Crippen molar-refractivity contribution in [3.8, 4) is 0 Å². The summed E-state index contributed by atoms with van der Waals surface area (Å²) in [5.74, 6) is -54.0. The fourth-order valence-corrected chi connectivity index (χ4v) is 15.3. The molecular formula is C65H93F37. The minimum Gasteiger partial charge on any atom is -0.244 e. The summed E-state index contributed by atoms with van der Waals surface area (Å²) >= 11 is 0. The standard InChI is InChI=1S/C12H15F9.C10H14F6.3C9H15F3.C8H7F9.C8H12F4/c1-4-5(2)8(11(16,17)18)9(12(19,20)21)6(3)7(4)10(13,14)15;1-5-3-7(9(11,12)13)6(2)8(4-5)10(14,15)16;2*1-6-3-7(2)5-8(4-6)9(10,11)12;1-6-4-3-5-8(7(6)2)9(10,11)12;1-3-5(10,11)7(14,15)4(2,9)8(16,17)6(3,12)13;1-3-5(9)7(11)4(2)8(12)6(3)10/h4-9H,1-3H3;5-8H,3-4H2,1-2H3;3*6-8H,3-5H2,1-2H3;3H,1-2H3;3-8H,1-2H3/t4?,5-,6?,7?,8?,9?;;2*6-,7?,8?;;;/m1.00.../s1/i;;6D;;7D;;. The summed E-state index contributed by atoms with van der Waals surface area (Å²) < 4.78 is 487. The van der Waals surface area contributed by atoms with Crippen LogP contribution in [0, 0.1) is 130 Å². The Kier molecular flexibility index (Phi) is 31.7. The molecule has 37 heteroatoms. The molecule has 7 saturated carbocycles. The van der Waals surface area contributed by atoms with E-state index < -0.39 is 217 Å². The van der Waals surface area contributed by atoms with Gasteiger partial charge in [-0.3, -0.25) is 0 Å². The van der Waals surface area contributed by atoms with E-state index in [9.17, 15) is 162 Å². The summed E-state index contributed by atoms with van der Waals surface area (Å²) in [6.07, 6.45) is -40.9. The molecular weight excluding hydrogens is 1480 g/mol. The van der Waals surface area contributed by atoms with Crippen molar-refractivity contribution in [2.75, 3.05) is 0 Å². The Morgan fingerprint density at radius 1 is 0.294 bits per heavy atom. The minimum atomic E-state index is -5.90. The van der Waals surface area contributed by atoms with E-state index in [2.05, 4.69) is 0 Å². The van der Waals surface area contributed by atoms with Gasteiger partial charge in [0.25, 0.3) is 0 Å². The van der Waals surface area contributed by atoms with Crippen molar-refractivity contribution in [1.29, 1.82) is 0 Å². The second kappa shape index (κ2) is 34.5. The van der Waals surface area contributed by atoms with E-state index in [0.29, 0.717) is 32.6 Å².